The number of aryl methyl sites for hydroxylation is 1. The van der Waals surface area contributed by atoms with E-state index < -0.39 is 31.9 Å². The predicted molar refractivity (Wildman–Crippen MR) is 127 cm³/mol. The second-order valence-electron chi connectivity index (χ2n) is 8.91. The first-order valence-corrected chi connectivity index (χ1v) is 12.7. The van der Waals surface area contributed by atoms with Gasteiger partial charge in [0.25, 0.3) is 5.91 Å². The normalized spacial score (nSPS) is 16.6. The molecule has 0 saturated carbocycles. The number of aliphatic hydroxyl groups is 1. The minimum Gasteiger partial charge on any atom is -0.380 e. The maximum Gasteiger partial charge on any atom is 0.264 e. The number of amides is 1. The van der Waals surface area contributed by atoms with E-state index in [1.165, 1.54) is 12.4 Å². The van der Waals surface area contributed by atoms with Gasteiger partial charge < -0.3 is 14.4 Å². The lowest BCUT2D eigenvalue weighted by atomic mass is 9.91. The van der Waals surface area contributed by atoms with Crippen LogP contribution in [0.15, 0.2) is 48.7 Å². The molecule has 8 nitrogen and oxygen atoms in total. The van der Waals surface area contributed by atoms with Crippen molar-refractivity contribution < 1.29 is 32.7 Å². The van der Waals surface area contributed by atoms with Gasteiger partial charge in [0, 0.05) is 29.9 Å². The van der Waals surface area contributed by atoms with Crippen LogP contribution in [0.1, 0.15) is 30.0 Å². The molecule has 1 aromatic heterocycles. The molecule has 1 saturated heterocycles. The second kappa shape index (κ2) is 9.09. The Kier molecular flexibility index (Phi) is 6.46. The molecule has 3 N–H and O–H groups in total. The van der Waals surface area contributed by atoms with E-state index in [9.17, 15) is 18.3 Å². The van der Waals surface area contributed by atoms with Crippen molar-refractivity contribution in [2.24, 2.45) is 0 Å². The molecule has 0 spiro atoms. The van der Waals surface area contributed by atoms with Gasteiger partial charge in [-0.1, -0.05) is 24.0 Å². The molecule has 0 radical (unpaired) electrons. The topological polar surface area (TPSA) is 118 Å². The number of aromatic nitrogens is 1. The van der Waals surface area contributed by atoms with Crippen LogP contribution in [0.3, 0.4) is 0 Å². The van der Waals surface area contributed by atoms with Crippen molar-refractivity contribution in [1.82, 2.24) is 10.0 Å². The lowest BCUT2D eigenvalue weighted by Gasteiger charge is -2.36. The molecule has 0 unspecified atom stereocenters. The Morgan fingerprint density at radius 2 is 1.89 bits per heavy atom. The Balaban J connectivity index is 1.55. The number of ether oxygens (including phenoxy) is 1. The quantitative estimate of drug-likeness (QED) is 0.271. The summed E-state index contributed by atoms with van der Waals surface area (Å²) in [6, 6.07) is 11.8. The van der Waals surface area contributed by atoms with Crippen LogP contribution >= 0.6 is 0 Å². The van der Waals surface area contributed by atoms with Crippen LogP contribution in [-0.4, -0.2) is 53.4 Å². The number of fused-ring (bicyclic) bond motifs is 1. The van der Waals surface area contributed by atoms with Gasteiger partial charge in [0.1, 0.15) is 11.4 Å². The Morgan fingerprint density at radius 1 is 1.20 bits per heavy atom. The van der Waals surface area contributed by atoms with Crippen LogP contribution in [0.4, 0.5) is 4.39 Å². The molecule has 10 heteroatoms. The maximum atomic E-state index is 15.1. The average Bonchev–Trinajstić information content (AvgIpc) is 3.23. The number of carbonyl (C=O) groups is 1. The van der Waals surface area contributed by atoms with Crippen molar-refractivity contribution in [2.45, 2.75) is 30.2 Å². The Hall–Kier alpha value is -3.23. The van der Waals surface area contributed by atoms with Gasteiger partial charge in [-0.15, -0.1) is 0 Å². The lowest BCUT2D eigenvalue weighted by Crippen LogP contribution is -2.49. The highest BCUT2D eigenvalue weighted by molar-refractivity contribution is 7.92. The zero-order chi connectivity index (χ0) is 25.4. The fourth-order valence-corrected chi connectivity index (χ4v) is 4.76. The molecule has 1 atom stereocenters. The summed E-state index contributed by atoms with van der Waals surface area (Å²) >= 11 is 0. The summed E-state index contributed by atoms with van der Waals surface area (Å²) in [5.41, 5.74) is 2.59. The largest absolute Gasteiger partial charge is 0.380 e. The number of halogens is 1. The molecule has 0 bridgehead atoms. The van der Waals surface area contributed by atoms with Gasteiger partial charge in [-0.05, 0) is 49.2 Å². The van der Waals surface area contributed by atoms with E-state index in [1.54, 1.807) is 53.2 Å². The summed E-state index contributed by atoms with van der Waals surface area (Å²) in [4.78, 5) is 12.0. The maximum absolute atomic E-state index is 15.1. The van der Waals surface area contributed by atoms with Gasteiger partial charge in [-0.25, -0.2) is 18.3 Å². The summed E-state index contributed by atoms with van der Waals surface area (Å²) in [5, 5.41) is 19.6. The van der Waals surface area contributed by atoms with Gasteiger partial charge >= 0.3 is 0 Å². The first-order valence-electron chi connectivity index (χ1n) is 10.8. The van der Waals surface area contributed by atoms with Gasteiger partial charge in [0.2, 0.25) is 0 Å². The SMILES string of the molecule is C[C@](CCn1ccc2c(F)c(C#Cc3ccc(C4(O)COC4)cc3)ccc21)(C(=O)NO)S(C)(=O)=O. The van der Waals surface area contributed by atoms with Crippen LogP contribution < -0.4 is 5.48 Å². The number of hydrogen-bond donors (Lipinski definition) is 3. The molecule has 35 heavy (non-hydrogen) atoms. The van der Waals surface area contributed by atoms with Crippen molar-refractivity contribution in [3.05, 3.63) is 71.2 Å². The van der Waals surface area contributed by atoms with E-state index in [0.29, 0.717) is 16.5 Å². The molecule has 3 aromatic rings. The fraction of sp³-hybridized carbons (Fsp3) is 0.320. The van der Waals surface area contributed by atoms with E-state index in [0.717, 1.165) is 11.8 Å². The third-order valence-corrected chi connectivity index (χ3v) is 8.59. The molecular formula is C25H25FN2O6S. The van der Waals surface area contributed by atoms with Gasteiger partial charge in [-0.2, -0.15) is 0 Å². The lowest BCUT2D eigenvalue weighted by molar-refractivity contribution is -0.184. The van der Waals surface area contributed by atoms with Crippen molar-refractivity contribution in [3.63, 3.8) is 0 Å². The number of hydroxylamine groups is 1. The minimum atomic E-state index is -3.84. The van der Waals surface area contributed by atoms with E-state index in [2.05, 4.69) is 11.8 Å². The van der Waals surface area contributed by atoms with Crippen molar-refractivity contribution >= 4 is 26.6 Å². The average molecular weight is 501 g/mol. The Labute approximate surface area is 202 Å². The standard InChI is InChI=1S/C25H25FN2O6S/c1-24(23(29)27-31,35(2,32)33)12-14-28-13-11-20-21(28)10-7-18(22(20)26)6-3-17-4-8-19(9-5-17)25(30)15-34-16-25/h4-5,7-11,13,30-31H,12,14-16H2,1-2H3,(H,27,29)/t24-/m0/s1. The molecular weight excluding hydrogens is 475 g/mol. The number of hydrogen-bond acceptors (Lipinski definition) is 6. The predicted octanol–water partition coefficient (Wildman–Crippen LogP) is 2.10. The molecule has 2 aromatic carbocycles. The van der Waals surface area contributed by atoms with Gasteiger partial charge in [0.15, 0.2) is 14.6 Å². The summed E-state index contributed by atoms with van der Waals surface area (Å²) in [7, 11) is -3.84. The van der Waals surface area contributed by atoms with E-state index in [4.69, 9.17) is 9.94 Å². The Bertz CT molecular complexity index is 1450. The summed E-state index contributed by atoms with van der Waals surface area (Å²) in [5.74, 6) is 4.22. The molecule has 1 aliphatic heterocycles. The number of sulfone groups is 1. The molecule has 1 amide bonds. The number of nitrogens with zero attached hydrogens (tertiary/aromatic N) is 1. The number of benzene rings is 2. The number of nitrogens with one attached hydrogen (secondary N) is 1. The number of carbonyl (C=O) groups excluding carboxylic acids is 1. The molecule has 4 rings (SSSR count). The highest BCUT2D eigenvalue weighted by Crippen LogP contribution is 2.29. The van der Waals surface area contributed by atoms with Crippen LogP contribution in [0.5, 0.6) is 0 Å². The third-order valence-electron chi connectivity index (χ3n) is 6.56. The number of rotatable bonds is 6. The van der Waals surface area contributed by atoms with Crippen molar-refractivity contribution in [3.8, 4) is 11.8 Å². The van der Waals surface area contributed by atoms with Crippen LogP contribution in [0, 0.1) is 17.7 Å². The van der Waals surface area contributed by atoms with Crippen LogP contribution in [0.25, 0.3) is 10.9 Å². The first kappa shape index (κ1) is 24.9. The smallest absolute Gasteiger partial charge is 0.264 e. The van der Waals surface area contributed by atoms with Crippen LogP contribution in [0.2, 0.25) is 0 Å². The molecule has 184 valence electrons. The van der Waals surface area contributed by atoms with E-state index in [1.807, 2.05) is 0 Å². The van der Waals surface area contributed by atoms with Crippen molar-refractivity contribution in [1.29, 1.82) is 0 Å². The zero-order valence-electron chi connectivity index (χ0n) is 19.2. The molecule has 1 fully saturated rings. The van der Waals surface area contributed by atoms with Crippen LogP contribution in [-0.2, 0) is 31.5 Å². The highest BCUT2D eigenvalue weighted by Gasteiger charge is 2.43. The first-order chi connectivity index (χ1) is 16.5. The molecule has 0 aliphatic carbocycles. The fourth-order valence-electron chi connectivity index (χ4n) is 3.91. The molecule has 2 heterocycles. The summed E-state index contributed by atoms with van der Waals surface area (Å²) in [6.45, 7) is 1.85. The zero-order valence-corrected chi connectivity index (χ0v) is 20.0. The Morgan fingerprint density at radius 3 is 2.46 bits per heavy atom. The van der Waals surface area contributed by atoms with Crippen molar-refractivity contribution in [2.75, 3.05) is 19.5 Å². The van der Waals surface area contributed by atoms with Gasteiger partial charge in [0.05, 0.1) is 24.3 Å². The summed E-state index contributed by atoms with van der Waals surface area (Å²) in [6.07, 6.45) is 2.41. The third kappa shape index (κ3) is 4.56. The minimum absolute atomic E-state index is 0.106. The van der Waals surface area contributed by atoms with E-state index >= 15 is 4.39 Å². The monoisotopic (exact) mass is 500 g/mol. The van der Waals surface area contributed by atoms with E-state index in [-0.39, 0.29) is 31.7 Å². The summed E-state index contributed by atoms with van der Waals surface area (Å²) < 4.78 is 44.4. The molecule has 1 aliphatic rings. The second-order valence-corrected chi connectivity index (χ2v) is 11.4. The highest BCUT2D eigenvalue weighted by atomic mass is 32.2. The van der Waals surface area contributed by atoms with Gasteiger partial charge in [-0.3, -0.25) is 10.0 Å².